The van der Waals surface area contributed by atoms with Gasteiger partial charge in [0.15, 0.2) is 11.5 Å². The molecule has 162 valence electrons. The average Bonchev–Trinajstić information content (AvgIpc) is 3.16. The maximum absolute atomic E-state index is 12.7. The molecule has 1 N–H and O–H groups in total. The second-order valence-corrected chi connectivity index (χ2v) is 9.30. The molecule has 2 amide bonds. The van der Waals surface area contributed by atoms with E-state index in [1.807, 2.05) is 18.2 Å². The lowest BCUT2D eigenvalue weighted by Crippen LogP contribution is -2.39. The van der Waals surface area contributed by atoms with Crippen molar-refractivity contribution in [3.05, 3.63) is 47.5 Å². The minimum atomic E-state index is -3.56. The lowest BCUT2D eigenvalue weighted by molar-refractivity contribution is 0.247. The topological polar surface area (TPSA) is 88.2 Å². The third kappa shape index (κ3) is 4.36. The fourth-order valence-corrected chi connectivity index (χ4v) is 4.31. The van der Waals surface area contributed by atoms with E-state index in [2.05, 4.69) is 5.32 Å². The highest BCUT2D eigenvalue weighted by atomic mass is 32.2. The quantitative estimate of drug-likeness (QED) is 0.724. The van der Waals surface area contributed by atoms with Crippen LogP contribution in [0.25, 0.3) is 0 Å². The van der Waals surface area contributed by atoms with Crippen molar-refractivity contribution in [3.63, 3.8) is 0 Å². The van der Waals surface area contributed by atoms with Crippen LogP contribution in [0.4, 0.5) is 10.5 Å². The van der Waals surface area contributed by atoms with Crippen LogP contribution in [-0.4, -0.2) is 60.2 Å². The molecule has 0 unspecified atom stereocenters. The van der Waals surface area contributed by atoms with Gasteiger partial charge in [-0.1, -0.05) is 12.1 Å². The zero-order valence-electron chi connectivity index (χ0n) is 17.6. The van der Waals surface area contributed by atoms with Gasteiger partial charge in [-0.05, 0) is 48.2 Å². The summed E-state index contributed by atoms with van der Waals surface area (Å²) in [7, 11) is 2.58. The monoisotopic (exact) mass is 433 g/mol. The first-order valence-corrected chi connectivity index (χ1v) is 11.0. The number of rotatable bonds is 7. The Morgan fingerprint density at radius 3 is 2.50 bits per heavy atom. The first-order chi connectivity index (χ1) is 14.3. The molecule has 0 aromatic heterocycles. The van der Waals surface area contributed by atoms with E-state index in [4.69, 9.17) is 9.47 Å². The number of anilines is 1. The molecule has 0 spiro atoms. The Morgan fingerprint density at radius 1 is 1.10 bits per heavy atom. The van der Waals surface area contributed by atoms with Gasteiger partial charge in [-0.3, -0.25) is 4.90 Å². The molecule has 0 saturated heterocycles. The zero-order valence-corrected chi connectivity index (χ0v) is 18.5. The number of nitrogens with one attached hydrogen (secondary N) is 1. The summed E-state index contributed by atoms with van der Waals surface area (Å²) in [5.74, 6) is 1.30. The zero-order chi connectivity index (χ0) is 21.9. The Labute approximate surface area is 177 Å². The van der Waals surface area contributed by atoms with E-state index < -0.39 is 10.0 Å². The molecule has 0 saturated carbocycles. The van der Waals surface area contributed by atoms with Gasteiger partial charge in [0.2, 0.25) is 10.0 Å². The Kier molecular flexibility index (Phi) is 6.52. The smallest absolute Gasteiger partial charge is 0.321 e. The van der Waals surface area contributed by atoms with Gasteiger partial charge >= 0.3 is 6.03 Å². The van der Waals surface area contributed by atoms with Gasteiger partial charge in [-0.25, -0.2) is 17.5 Å². The summed E-state index contributed by atoms with van der Waals surface area (Å²) in [4.78, 5) is 14.5. The molecule has 3 rings (SSSR count). The predicted octanol–water partition coefficient (Wildman–Crippen LogP) is 2.27. The van der Waals surface area contributed by atoms with Gasteiger partial charge < -0.3 is 14.8 Å². The minimum Gasteiger partial charge on any atom is -0.493 e. The summed E-state index contributed by atoms with van der Waals surface area (Å²) in [5, 5.41) is 2.92. The van der Waals surface area contributed by atoms with Gasteiger partial charge in [-0.15, -0.1) is 0 Å². The third-order valence-electron chi connectivity index (χ3n) is 5.11. The van der Waals surface area contributed by atoms with Crippen LogP contribution < -0.4 is 19.7 Å². The van der Waals surface area contributed by atoms with Crippen LogP contribution in [0.3, 0.4) is 0 Å². The number of amides is 2. The number of benzene rings is 2. The standard InChI is InChI=1S/C21H27N3O5S/c1-23(2)30(26,27)17-7-6-16-10-12-24(18(16)14-17)21(25)22-11-9-15-5-8-19(28-3)20(13-15)29-4/h5-8,13-14H,9-12H2,1-4H3,(H,22,25). The second-order valence-electron chi connectivity index (χ2n) is 7.15. The molecule has 8 nitrogen and oxygen atoms in total. The molecule has 30 heavy (non-hydrogen) atoms. The maximum Gasteiger partial charge on any atom is 0.321 e. The molecule has 1 aliphatic heterocycles. The molecule has 2 aromatic rings. The normalized spacial score (nSPS) is 13.3. The van der Waals surface area contributed by atoms with E-state index >= 15 is 0 Å². The summed E-state index contributed by atoms with van der Waals surface area (Å²) in [6, 6.07) is 10.3. The first-order valence-electron chi connectivity index (χ1n) is 9.59. The molecule has 1 aliphatic rings. The second kappa shape index (κ2) is 8.93. The van der Waals surface area contributed by atoms with Crippen LogP contribution in [0.5, 0.6) is 11.5 Å². The number of hydrogen-bond donors (Lipinski definition) is 1. The molecule has 2 aromatic carbocycles. The molecule has 0 fully saturated rings. The number of nitrogens with zero attached hydrogens (tertiary/aromatic N) is 2. The summed E-state index contributed by atoms with van der Waals surface area (Å²) in [6.07, 6.45) is 1.32. The number of methoxy groups -OCH3 is 2. The Morgan fingerprint density at radius 2 is 1.83 bits per heavy atom. The van der Waals surface area contributed by atoms with Gasteiger partial charge in [0.05, 0.1) is 24.8 Å². The van der Waals surface area contributed by atoms with E-state index in [0.29, 0.717) is 43.1 Å². The molecule has 0 atom stereocenters. The van der Waals surface area contributed by atoms with Crippen LogP contribution in [0.15, 0.2) is 41.3 Å². The lowest BCUT2D eigenvalue weighted by atomic mass is 10.1. The average molecular weight is 434 g/mol. The van der Waals surface area contributed by atoms with Gasteiger partial charge in [0.1, 0.15) is 0 Å². The summed E-state index contributed by atoms with van der Waals surface area (Å²) in [6.45, 7) is 0.957. The molecular formula is C21H27N3O5S. The Bertz CT molecular complexity index is 1040. The van der Waals surface area contributed by atoms with Crippen LogP contribution in [0.2, 0.25) is 0 Å². The van der Waals surface area contributed by atoms with E-state index in [-0.39, 0.29) is 10.9 Å². The van der Waals surface area contributed by atoms with Crippen molar-refractivity contribution in [2.75, 3.05) is 46.3 Å². The first kappa shape index (κ1) is 21.9. The third-order valence-corrected chi connectivity index (χ3v) is 6.92. The van der Waals surface area contributed by atoms with Crippen molar-refractivity contribution in [1.29, 1.82) is 0 Å². The van der Waals surface area contributed by atoms with E-state index in [0.717, 1.165) is 15.4 Å². The van der Waals surface area contributed by atoms with Crippen molar-refractivity contribution in [3.8, 4) is 11.5 Å². The van der Waals surface area contributed by atoms with Crippen molar-refractivity contribution in [2.45, 2.75) is 17.7 Å². The largest absolute Gasteiger partial charge is 0.493 e. The molecule has 0 bridgehead atoms. The summed E-state index contributed by atoms with van der Waals surface area (Å²) < 4.78 is 36.6. The van der Waals surface area contributed by atoms with Crippen molar-refractivity contribution < 1.29 is 22.7 Å². The van der Waals surface area contributed by atoms with Crippen molar-refractivity contribution in [2.24, 2.45) is 0 Å². The maximum atomic E-state index is 12.7. The molecule has 1 heterocycles. The van der Waals surface area contributed by atoms with Crippen molar-refractivity contribution in [1.82, 2.24) is 9.62 Å². The number of urea groups is 1. The highest BCUT2D eigenvalue weighted by Crippen LogP contribution is 2.31. The van der Waals surface area contributed by atoms with Crippen molar-refractivity contribution >= 4 is 21.7 Å². The highest BCUT2D eigenvalue weighted by Gasteiger charge is 2.27. The van der Waals surface area contributed by atoms with Crippen LogP contribution in [-0.2, 0) is 22.9 Å². The number of carbonyl (C=O) groups excluding carboxylic acids is 1. The summed E-state index contributed by atoms with van der Waals surface area (Å²) in [5.41, 5.74) is 2.61. The van der Waals surface area contributed by atoms with E-state index in [1.165, 1.54) is 14.1 Å². The fraction of sp³-hybridized carbons (Fsp3) is 0.381. The minimum absolute atomic E-state index is 0.177. The van der Waals surface area contributed by atoms with Gasteiger partial charge in [-0.2, -0.15) is 0 Å². The molecule has 0 radical (unpaired) electrons. The molecular weight excluding hydrogens is 406 g/mol. The lowest BCUT2D eigenvalue weighted by Gasteiger charge is -2.19. The summed E-state index contributed by atoms with van der Waals surface area (Å²) >= 11 is 0. The predicted molar refractivity (Wildman–Crippen MR) is 115 cm³/mol. The van der Waals surface area contributed by atoms with Gasteiger partial charge in [0.25, 0.3) is 0 Å². The van der Waals surface area contributed by atoms with Gasteiger partial charge in [0, 0.05) is 27.2 Å². The molecule has 0 aliphatic carbocycles. The van der Waals surface area contributed by atoms with E-state index in [9.17, 15) is 13.2 Å². The van der Waals surface area contributed by atoms with Crippen LogP contribution in [0, 0.1) is 0 Å². The number of fused-ring (bicyclic) bond motifs is 1. The number of hydrogen-bond acceptors (Lipinski definition) is 5. The van der Waals surface area contributed by atoms with E-state index in [1.54, 1.807) is 37.3 Å². The SMILES string of the molecule is COc1ccc(CCNC(=O)N2CCc3ccc(S(=O)(=O)N(C)C)cc32)cc1OC. The molecule has 9 heteroatoms. The van der Waals surface area contributed by atoms with Crippen LogP contribution >= 0.6 is 0 Å². The Hall–Kier alpha value is -2.78. The number of sulfonamides is 1. The number of ether oxygens (including phenoxy) is 2. The fourth-order valence-electron chi connectivity index (χ4n) is 3.39. The number of carbonyl (C=O) groups is 1. The van der Waals surface area contributed by atoms with Crippen LogP contribution in [0.1, 0.15) is 11.1 Å². The Balaban J connectivity index is 1.67. The highest BCUT2D eigenvalue weighted by molar-refractivity contribution is 7.89.